The maximum absolute atomic E-state index is 6.44. The van der Waals surface area contributed by atoms with Crippen molar-refractivity contribution in [1.82, 2.24) is 14.8 Å². The predicted molar refractivity (Wildman–Crippen MR) is 108 cm³/mol. The zero-order valence-corrected chi connectivity index (χ0v) is 16.2. The number of hydrogen-bond donors (Lipinski definition) is 2. The minimum Gasteiger partial charge on any atom is -0.494 e. The van der Waals surface area contributed by atoms with Crippen molar-refractivity contribution in [3.63, 3.8) is 0 Å². The van der Waals surface area contributed by atoms with Crippen LogP contribution in [0.3, 0.4) is 0 Å². The van der Waals surface area contributed by atoms with E-state index in [1.165, 1.54) is 0 Å². The molecular formula is C19H19Cl2N5O. The molecule has 0 radical (unpaired) electrons. The van der Waals surface area contributed by atoms with E-state index in [1.807, 2.05) is 48.0 Å². The number of ether oxygens (including phenoxy) is 1. The average Bonchev–Trinajstić information content (AvgIpc) is 3.02. The fourth-order valence-electron chi connectivity index (χ4n) is 3.41. The lowest BCUT2D eigenvalue weighted by Gasteiger charge is -2.32. The molecule has 2 atom stereocenters. The van der Waals surface area contributed by atoms with E-state index in [-0.39, 0.29) is 18.0 Å². The van der Waals surface area contributed by atoms with Gasteiger partial charge in [-0.3, -0.25) is 0 Å². The molecule has 0 saturated heterocycles. The molecule has 1 aliphatic heterocycles. The van der Waals surface area contributed by atoms with E-state index in [1.54, 1.807) is 6.07 Å². The second-order valence-corrected chi connectivity index (χ2v) is 7.20. The summed E-state index contributed by atoms with van der Waals surface area (Å²) in [6.45, 7) is 2.60. The van der Waals surface area contributed by atoms with E-state index >= 15 is 0 Å². The first-order valence-electron chi connectivity index (χ1n) is 8.71. The number of aromatic nitrogens is 3. The van der Waals surface area contributed by atoms with Crippen LogP contribution in [-0.2, 0) is 0 Å². The summed E-state index contributed by atoms with van der Waals surface area (Å²) in [6.07, 6.45) is 0.741. The molecule has 1 aromatic heterocycles. The molecule has 6 nitrogen and oxygen atoms in total. The number of rotatable bonds is 4. The number of benzene rings is 2. The Kier molecular flexibility index (Phi) is 4.85. The van der Waals surface area contributed by atoms with Crippen LogP contribution in [-0.4, -0.2) is 21.4 Å². The number of nitrogen functional groups attached to an aromatic ring is 1. The van der Waals surface area contributed by atoms with Crippen LogP contribution in [0.2, 0.25) is 10.0 Å². The Morgan fingerprint density at radius 2 is 2.00 bits per heavy atom. The molecule has 4 rings (SSSR count). The molecule has 3 aromatic rings. The monoisotopic (exact) mass is 403 g/mol. The van der Waals surface area contributed by atoms with Crippen molar-refractivity contribution in [3.05, 3.63) is 63.6 Å². The minimum absolute atomic E-state index is 0.0292. The summed E-state index contributed by atoms with van der Waals surface area (Å²) in [4.78, 5) is 4.32. The first-order valence-corrected chi connectivity index (χ1v) is 9.47. The molecule has 8 heteroatoms. The maximum atomic E-state index is 6.44. The van der Waals surface area contributed by atoms with Gasteiger partial charge < -0.3 is 15.8 Å². The summed E-state index contributed by atoms with van der Waals surface area (Å²) in [5.41, 5.74) is 7.91. The summed E-state index contributed by atoms with van der Waals surface area (Å²) in [5.74, 6) is 1.69. The van der Waals surface area contributed by atoms with E-state index in [9.17, 15) is 0 Å². The van der Waals surface area contributed by atoms with Gasteiger partial charge in [-0.2, -0.15) is 4.98 Å². The number of nitrogens with two attached hydrogens (primary N) is 1. The lowest BCUT2D eigenvalue weighted by molar-refractivity contribution is 0.340. The molecule has 0 aliphatic carbocycles. The smallest absolute Gasteiger partial charge is 0.241 e. The maximum Gasteiger partial charge on any atom is 0.241 e. The van der Waals surface area contributed by atoms with Gasteiger partial charge >= 0.3 is 0 Å². The fourth-order valence-corrected chi connectivity index (χ4v) is 3.95. The Balaban J connectivity index is 1.71. The highest BCUT2D eigenvalue weighted by molar-refractivity contribution is 6.35. The number of nitrogens with zero attached hydrogens (tertiary/aromatic N) is 3. The standard InChI is InChI=1S/C19H19Cl2N5O/c1-2-27-13-6-3-11(4-7-13)17-10-16(14-8-5-12(20)9-15(14)21)23-19-24-18(22)25-26(17)19/h3-9,16-17H,2,10H2,1H3,(H3,22,23,24,25)/t16-,17+/m1/s1. The van der Waals surface area contributed by atoms with E-state index in [4.69, 9.17) is 33.7 Å². The molecule has 1 aliphatic rings. The number of fused-ring (bicyclic) bond motifs is 1. The summed E-state index contributed by atoms with van der Waals surface area (Å²) in [7, 11) is 0. The van der Waals surface area contributed by atoms with Gasteiger partial charge in [-0.05, 0) is 48.7 Å². The van der Waals surface area contributed by atoms with Crippen LogP contribution in [0.1, 0.15) is 36.6 Å². The molecule has 140 valence electrons. The third-order valence-corrected chi connectivity index (χ3v) is 5.18. The van der Waals surface area contributed by atoms with E-state index in [0.717, 1.165) is 23.3 Å². The zero-order valence-electron chi connectivity index (χ0n) is 14.7. The van der Waals surface area contributed by atoms with Gasteiger partial charge in [0.1, 0.15) is 5.75 Å². The molecule has 0 bridgehead atoms. The summed E-state index contributed by atoms with van der Waals surface area (Å²) in [6, 6.07) is 13.5. The minimum atomic E-state index is -0.0394. The Labute approximate surface area is 167 Å². The third-order valence-electron chi connectivity index (χ3n) is 4.62. The fraction of sp³-hybridized carbons (Fsp3) is 0.263. The summed E-state index contributed by atoms with van der Waals surface area (Å²) < 4.78 is 7.37. The van der Waals surface area contributed by atoms with Gasteiger partial charge in [0, 0.05) is 10.0 Å². The second-order valence-electron chi connectivity index (χ2n) is 6.35. The van der Waals surface area contributed by atoms with Crippen molar-refractivity contribution in [3.8, 4) is 5.75 Å². The third kappa shape index (κ3) is 3.55. The van der Waals surface area contributed by atoms with Crippen molar-refractivity contribution in [1.29, 1.82) is 0 Å². The molecule has 0 saturated carbocycles. The van der Waals surface area contributed by atoms with Crippen LogP contribution in [0.4, 0.5) is 11.9 Å². The molecule has 27 heavy (non-hydrogen) atoms. The lowest BCUT2D eigenvalue weighted by atomic mass is 9.93. The van der Waals surface area contributed by atoms with Crippen LogP contribution < -0.4 is 15.8 Å². The second kappa shape index (κ2) is 7.29. The molecule has 0 unspecified atom stereocenters. The predicted octanol–water partition coefficient (Wildman–Crippen LogP) is 4.71. The number of hydrogen-bond acceptors (Lipinski definition) is 5. The van der Waals surface area contributed by atoms with Gasteiger partial charge in [0.25, 0.3) is 0 Å². The molecule has 0 spiro atoms. The number of nitrogens with one attached hydrogen (secondary N) is 1. The van der Waals surface area contributed by atoms with Gasteiger partial charge in [-0.1, -0.05) is 41.4 Å². The van der Waals surface area contributed by atoms with Gasteiger partial charge in [-0.15, -0.1) is 5.10 Å². The molecular weight excluding hydrogens is 385 g/mol. The topological polar surface area (TPSA) is 78.0 Å². The Morgan fingerprint density at radius 3 is 2.70 bits per heavy atom. The van der Waals surface area contributed by atoms with Gasteiger partial charge in [-0.25, -0.2) is 4.68 Å². The van der Waals surface area contributed by atoms with Gasteiger partial charge in [0.05, 0.1) is 18.7 Å². The van der Waals surface area contributed by atoms with E-state index in [0.29, 0.717) is 22.6 Å². The van der Waals surface area contributed by atoms with E-state index < -0.39 is 0 Å². The number of anilines is 2. The molecule has 0 amide bonds. The van der Waals surface area contributed by atoms with Crippen molar-refractivity contribution in [2.45, 2.75) is 25.4 Å². The Hall–Kier alpha value is -2.44. The van der Waals surface area contributed by atoms with Crippen LogP contribution in [0.25, 0.3) is 0 Å². The van der Waals surface area contributed by atoms with Crippen molar-refractivity contribution in [2.24, 2.45) is 0 Å². The van der Waals surface area contributed by atoms with Crippen molar-refractivity contribution >= 4 is 35.1 Å². The first kappa shape index (κ1) is 17.9. The molecule has 2 heterocycles. The summed E-state index contributed by atoms with van der Waals surface area (Å²) >= 11 is 12.5. The highest BCUT2D eigenvalue weighted by atomic mass is 35.5. The number of halogens is 2. The first-order chi connectivity index (χ1) is 13.0. The quantitative estimate of drug-likeness (QED) is 0.659. The van der Waals surface area contributed by atoms with Crippen LogP contribution in [0.5, 0.6) is 5.75 Å². The average molecular weight is 404 g/mol. The van der Waals surface area contributed by atoms with Crippen LogP contribution in [0.15, 0.2) is 42.5 Å². The summed E-state index contributed by atoms with van der Waals surface area (Å²) in [5, 5.41) is 8.97. The van der Waals surface area contributed by atoms with Crippen molar-refractivity contribution < 1.29 is 4.74 Å². The normalized spacial score (nSPS) is 18.6. The Morgan fingerprint density at radius 1 is 1.22 bits per heavy atom. The zero-order chi connectivity index (χ0) is 19.0. The molecule has 3 N–H and O–H groups in total. The molecule has 2 aromatic carbocycles. The van der Waals surface area contributed by atoms with Crippen LogP contribution in [0, 0.1) is 0 Å². The van der Waals surface area contributed by atoms with Gasteiger partial charge in [0.15, 0.2) is 0 Å². The highest BCUT2D eigenvalue weighted by Gasteiger charge is 2.31. The van der Waals surface area contributed by atoms with Crippen molar-refractivity contribution in [2.75, 3.05) is 17.7 Å². The highest BCUT2D eigenvalue weighted by Crippen LogP contribution is 2.40. The largest absolute Gasteiger partial charge is 0.494 e. The van der Waals surface area contributed by atoms with Gasteiger partial charge in [0.2, 0.25) is 11.9 Å². The van der Waals surface area contributed by atoms with E-state index in [2.05, 4.69) is 15.4 Å². The molecule has 0 fully saturated rings. The SMILES string of the molecule is CCOc1ccc([C@@H]2C[C@H](c3ccc(Cl)cc3Cl)Nc3nc(N)nn32)cc1. The van der Waals surface area contributed by atoms with Crippen LogP contribution >= 0.6 is 23.2 Å². The Bertz CT molecular complexity index is 957. The lowest BCUT2D eigenvalue weighted by Crippen LogP contribution is -2.28.